The third-order valence-electron chi connectivity index (χ3n) is 2.24. The number of hydrogen-bond donors (Lipinski definition) is 5. The van der Waals surface area contributed by atoms with Crippen LogP contribution in [-0.4, -0.2) is 37.1 Å². The van der Waals surface area contributed by atoms with Gasteiger partial charge in [0.25, 0.3) is 0 Å². The normalized spacial score (nSPS) is 12.3. The van der Waals surface area contributed by atoms with E-state index in [-0.39, 0.29) is 5.69 Å². The van der Waals surface area contributed by atoms with Gasteiger partial charge in [0.1, 0.15) is 10.7 Å². The first-order valence-electron chi connectivity index (χ1n) is 5.11. The highest BCUT2D eigenvalue weighted by atomic mass is 32.1. The summed E-state index contributed by atoms with van der Waals surface area (Å²) in [5, 5.41) is 0.00302. The third kappa shape index (κ3) is 4.36. The number of rotatable bonds is 5. The topological polar surface area (TPSA) is 136 Å². The monoisotopic (exact) mass is 341 g/mol. The number of anilines is 1. The zero-order valence-electron chi connectivity index (χ0n) is 10.2. The Labute approximate surface area is 120 Å². The fourth-order valence-corrected chi connectivity index (χ4v) is 4.69. The summed E-state index contributed by atoms with van der Waals surface area (Å²) in [5.74, 6) is 0.310. The summed E-state index contributed by atoms with van der Waals surface area (Å²) in [6.07, 6.45) is 0. The number of methoxy groups -OCH3 is 1. The van der Waals surface area contributed by atoms with Crippen molar-refractivity contribution in [2.24, 2.45) is 0 Å². The van der Waals surface area contributed by atoms with Crippen molar-refractivity contribution in [3.05, 3.63) is 24.3 Å². The van der Waals surface area contributed by atoms with E-state index in [4.69, 9.17) is 36.5 Å². The molecule has 0 fully saturated rings. The molecule has 11 heteroatoms. The molecule has 0 saturated carbocycles. The summed E-state index contributed by atoms with van der Waals surface area (Å²) < 4.78 is 27.4. The Morgan fingerprint density at radius 3 is 2.15 bits per heavy atom. The van der Waals surface area contributed by atoms with Crippen LogP contribution in [0.15, 0.2) is 24.3 Å². The van der Waals surface area contributed by atoms with Crippen LogP contribution >= 0.6 is 27.4 Å². The van der Waals surface area contributed by atoms with E-state index in [1.807, 2.05) is 0 Å². The molecule has 0 amide bonds. The first-order valence-corrected chi connectivity index (χ1v) is 8.89. The second-order valence-corrected chi connectivity index (χ2v) is 7.98. The van der Waals surface area contributed by atoms with E-state index >= 15 is 0 Å². The van der Waals surface area contributed by atoms with Gasteiger partial charge in [-0.15, -0.1) is 0 Å². The molecule has 112 valence electrons. The molecule has 1 rings (SSSR count). The standard InChI is InChI=1S/C9H13NO7P2S/c1-17-7-5-3-2-4-6(7)10-8(20)9(18(11,12)13)19(14,15)16/h2-5,9H,1H3,(H,10,20)(H2,11,12,13)(H2,14,15,16). The van der Waals surface area contributed by atoms with Gasteiger partial charge in [-0.05, 0) is 12.1 Å². The second kappa shape index (κ2) is 6.32. The van der Waals surface area contributed by atoms with Crippen LogP contribution in [0.3, 0.4) is 0 Å². The Bertz CT molecular complexity index is 574. The van der Waals surface area contributed by atoms with Crippen molar-refractivity contribution in [2.45, 2.75) is 5.40 Å². The molecule has 0 heterocycles. The Morgan fingerprint density at radius 1 is 1.20 bits per heavy atom. The number of ether oxygens (including phenoxy) is 1. The summed E-state index contributed by atoms with van der Waals surface area (Å²) in [6.45, 7) is 0. The molecular formula is C9H13NO7P2S. The lowest BCUT2D eigenvalue weighted by molar-refractivity contribution is 0.349. The molecule has 1 aromatic carbocycles. The van der Waals surface area contributed by atoms with Gasteiger partial charge in [-0.2, -0.15) is 0 Å². The molecule has 0 unspecified atom stereocenters. The van der Waals surface area contributed by atoms with E-state index in [0.717, 1.165) is 0 Å². The molecule has 8 nitrogen and oxygen atoms in total. The maximum absolute atomic E-state index is 11.2. The smallest absolute Gasteiger partial charge is 0.347 e. The molecule has 0 aromatic heterocycles. The molecule has 0 aliphatic carbocycles. The van der Waals surface area contributed by atoms with Crippen LogP contribution in [-0.2, 0) is 9.13 Å². The molecule has 5 N–H and O–H groups in total. The van der Waals surface area contributed by atoms with Gasteiger partial charge in [-0.1, -0.05) is 24.4 Å². The molecule has 20 heavy (non-hydrogen) atoms. The largest absolute Gasteiger partial charge is 0.495 e. The zero-order chi connectivity index (χ0) is 15.6. The summed E-state index contributed by atoms with van der Waals surface area (Å²) >= 11 is 4.71. The van der Waals surface area contributed by atoms with Crippen molar-refractivity contribution >= 4 is 38.1 Å². The van der Waals surface area contributed by atoms with Gasteiger partial charge >= 0.3 is 15.2 Å². The lowest BCUT2D eigenvalue weighted by Gasteiger charge is -2.21. The molecule has 1 aromatic rings. The van der Waals surface area contributed by atoms with Crippen molar-refractivity contribution in [2.75, 3.05) is 12.4 Å². The van der Waals surface area contributed by atoms with E-state index in [1.54, 1.807) is 18.2 Å². The van der Waals surface area contributed by atoms with Crippen LogP contribution in [0.2, 0.25) is 0 Å². The Kier molecular flexibility index (Phi) is 5.46. The molecule has 0 saturated heterocycles. The quantitative estimate of drug-likeness (QED) is 0.394. The minimum absolute atomic E-state index is 0.243. The first kappa shape index (κ1) is 17.3. The number of benzene rings is 1. The van der Waals surface area contributed by atoms with Gasteiger partial charge in [0, 0.05) is 0 Å². The number of nitrogens with one attached hydrogen (secondary N) is 1. The third-order valence-corrected chi connectivity index (χ3v) is 6.52. The van der Waals surface area contributed by atoms with Gasteiger partial charge in [0.15, 0.2) is 0 Å². The SMILES string of the molecule is COc1ccccc1NC(=S)C(P(=O)(O)O)P(=O)(O)O. The zero-order valence-corrected chi connectivity index (χ0v) is 12.8. The molecule has 0 aliphatic heterocycles. The van der Waals surface area contributed by atoms with E-state index in [2.05, 4.69) is 5.32 Å². The van der Waals surface area contributed by atoms with Gasteiger partial charge in [0.05, 0.1) is 12.8 Å². The minimum atomic E-state index is -5.12. The van der Waals surface area contributed by atoms with E-state index < -0.39 is 25.6 Å². The lowest BCUT2D eigenvalue weighted by atomic mass is 10.3. The van der Waals surface area contributed by atoms with Crippen LogP contribution < -0.4 is 10.1 Å². The summed E-state index contributed by atoms with van der Waals surface area (Å²) in [5.41, 5.74) is 0.243. The Balaban J connectivity index is 3.10. The highest BCUT2D eigenvalue weighted by Gasteiger charge is 2.46. The molecule has 0 aliphatic rings. The van der Waals surface area contributed by atoms with Gasteiger partial charge in [-0.25, -0.2) is 0 Å². The maximum Gasteiger partial charge on any atom is 0.347 e. The number of para-hydroxylation sites is 2. The van der Waals surface area contributed by atoms with Crippen molar-refractivity contribution in [1.29, 1.82) is 0 Å². The summed E-state index contributed by atoms with van der Waals surface area (Å²) in [7, 11) is -8.88. The first-order chi connectivity index (χ1) is 9.07. The predicted octanol–water partition coefficient (Wildman–Crippen LogP) is 1.12. The van der Waals surface area contributed by atoms with E-state index in [9.17, 15) is 9.13 Å². The van der Waals surface area contributed by atoms with Crippen LogP contribution in [0.25, 0.3) is 0 Å². The number of hydrogen-bond acceptors (Lipinski definition) is 4. The van der Waals surface area contributed by atoms with Crippen molar-refractivity contribution < 1.29 is 33.4 Å². The van der Waals surface area contributed by atoms with Crippen molar-refractivity contribution in [3.8, 4) is 5.75 Å². The average molecular weight is 341 g/mol. The van der Waals surface area contributed by atoms with Crippen molar-refractivity contribution in [3.63, 3.8) is 0 Å². The van der Waals surface area contributed by atoms with E-state index in [0.29, 0.717) is 5.75 Å². The Morgan fingerprint density at radius 2 is 1.70 bits per heavy atom. The van der Waals surface area contributed by atoms with E-state index in [1.165, 1.54) is 13.2 Å². The van der Waals surface area contributed by atoms with Crippen LogP contribution in [0.1, 0.15) is 0 Å². The second-order valence-electron chi connectivity index (χ2n) is 3.74. The molecular weight excluding hydrogens is 328 g/mol. The average Bonchev–Trinajstić information content (AvgIpc) is 2.25. The molecule has 0 atom stereocenters. The van der Waals surface area contributed by atoms with Crippen LogP contribution in [0.5, 0.6) is 5.75 Å². The van der Waals surface area contributed by atoms with Crippen LogP contribution in [0.4, 0.5) is 5.69 Å². The van der Waals surface area contributed by atoms with Gasteiger partial charge < -0.3 is 29.6 Å². The summed E-state index contributed by atoms with van der Waals surface area (Å²) in [4.78, 5) is 35.5. The number of thiocarbonyl (C=S) groups is 1. The van der Waals surface area contributed by atoms with Crippen molar-refractivity contribution in [1.82, 2.24) is 0 Å². The molecule has 0 spiro atoms. The lowest BCUT2D eigenvalue weighted by Crippen LogP contribution is -2.26. The molecule has 0 bridgehead atoms. The fraction of sp³-hybridized carbons (Fsp3) is 0.222. The highest BCUT2D eigenvalue weighted by molar-refractivity contribution is 7.85. The molecule has 0 radical (unpaired) electrons. The summed E-state index contributed by atoms with van der Waals surface area (Å²) in [6, 6.07) is 6.28. The minimum Gasteiger partial charge on any atom is -0.495 e. The van der Waals surface area contributed by atoms with Gasteiger partial charge in [-0.3, -0.25) is 9.13 Å². The maximum atomic E-state index is 11.2. The van der Waals surface area contributed by atoms with Gasteiger partial charge in [0.2, 0.25) is 5.40 Å². The Hall–Kier alpha value is -0.790. The van der Waals surface area contributed by atoms with Crippen LogP contribution in [0, 0.1) is 0 Å². The fourth-order valence-electron chi connectivity index (χ4n) is 1.45. The predicted molar refractivity (Wildman–Crippen MR) is 77.1 cm³/mol. The highest BCUT2D eigenvalue weighted by Crippen LogP contribution is 2.60.